The maximum atomic E-state index is 15.0. The van der Waals surface area contributed by atoms with Gasteiger partial charge in [-0.15, -0.1) is 0 Å². The van der Waals surface area contributed by atoms with Gasteiger partial charge in [-0.05, 0) is 68.3 Å². The Morgan fingerprint density at radius 2 is 1.93 bits per heavy atom. The number of nitrogens with zero attached hydrogens (tertiary/aromatic N) is 3. The number of alkyl halides is 1. The summed E-state index contributed by atoms with van der Waals surface area (Å²) in [5.41, 5.74) is 0.346. The highest BCUT2D eigenvalue weighted by Gasteiger charge is 2.46. The molecule has 2 unspecified atom stereocenters. The number of carbonyl (C=O) groups excluding carboxylic acids is 2. The van der Waals surface area contributed by atoms with Crippen molar-refractivity contribution >= 4 is 17.7 Å². The number of rotatable bonds is 7. The number of ether oxygens (including phenoxy) is 1. The van der Waals surface area contributed by atoms with Crippen molar-refractivity contribution in [3.05, 3.63) is 77.4 Å². The molecular formula is C30H37F3N4O3. The van der Waals surface area contributed by atoms with Crippen LogP contribution < -0.4 is 5.32 Å². The van der Waals surface area contributed by atoms with Crippen LogP contribution in [0.2, 0.25) is 0 Å². The van der Waals surface area contributed by atoms with Gasteiger partial charge in [0.2, 0.25) is 0 Å². The standard InChI is InChI=1S/C30H37F3N4O3/c1-35-15-12-25(16-24(32)20-35)36(2)29(39)37-19-21(26-17-23(31)10-11-27(26)33)18-30(37,22-8-5-4-6-9-22)13-7-14-34-28(38)40-3/h4-6,8-11,17-18,24-25H,7,12-16,19-20H2,1-3H3,(H,34,38)/t24?,25?,30-/m0/s1. The fraction of sp³-hybridized carbons (Fsp3) is 0.467. The SMILES string of the molecule is COC(=O)NCCC[C@@]1(c2ccccc2)C=C(c2cc(F)ccc2F)CN1C(=O)N(C)C1CCN(C)CC(F)C1. The van der Waals surface area contributed by atoms with Gasteiger partial charge in [-0.25, -0.2) is 22.8 Å². The van der Waals surface area contributed by atoms with Crippen LogP contribution >= 0.6 is 0 Å². The van der Waals surface area contributed by atoms with Gasteiger partial charge in [-0.3, -0.25) is 0 Å². The number of hydrogen-bond acceptors (Lipinski definition) is 4. The molecule has 2 aliphatic rings. The average Bonchev–Trinajstić information content (AvgIpc) is 3.25. The van der Waals surface area contributed by atoms with Gasteiger partial charge in [0.1, 0.15) is 17.8 Å². The van der Waals surface area contributed by atoms with E-state index in [1.807, 2.05) is 48.4 Å². The first-order valence-corrected chi connectivity index (χ1v) is 13.6. The highest BCUT2D eigenvalue weighted by molar-refractivity contribution is 5.83. The van der Waals surface area contributed by atoms with Crippen LogP contribution in [-0.2, 0) is 10.3 Å². The molecule has 1 fully saturated rings. The Bertz CT molecular complexity index is 1230. The van der Waals surface area contributed by atoms with E-state index in [4.69, 9.17) is 0 Å². The van der Waals surface area contributed by atoms with Crippen LogP contribution in [0.5, 0.6) is 0 Å². The van der Waals surface area contributed by atoms with E-state index in [0.717, 1.165) is 23.8 Å². The topological polar surface area (TPSA) is 65.1 Å². The van der Waals surface area contributed by atoms with Crippen LogP contribution in [0.25, 0.3) is 5.57 Å². The fourth-order valence-corrected chi connectivity index (χ4v) is 5.79. The molecule has 2 aromatic rings. The number of carbonyl (C=O) groups is 2. The van der Waals surface area contributed by atoms with Gasteiger partial charge in [0.05, 0.1) is 12.6 Å². The van der Waals surface area contributed by atoms with Crippen molar-refractivity contribution in [2.75, 3.05) is 47.4 Å². The second kappa shape index (κ2) is 12.8. The lowest BCUT2D eigenvalue weighted by atomic mass is 9.84. The quantitative estimate of drug-likeness (QED) is 0.476. The number of amides is 3. The Labute approximate surface area is 233 Å². The summed E-state index contributed by atoms with van der Waals surface area (Å²) >= 11 is 0. The zero-order valence-electron chi connectivity index (χ0n) is 23.2. The highest BCUT2D eigenvalue weighted by Crippen LogP contribution is 2.44. The molecule has 1 N–H and O–H groups in total. The lowest BCUT2D eigenvalue weighted by molar-refractivity contribution is 0.104. The summed E-state index contributed by atoms with van der Waals surface area (Å²) in [7, 11) is 4.83. The summed E-state index contributed by atoms with van der Waals surface area (Å²) in [6, 6.07) is 12.0. The largest absolute Gasteiger partial charge is 0.453 e. The summed E-state index contributed by atoms with van der Waals surface area (Å²) in [6.45, 7) is 1.29. The van der Waals surface area contributed by atoms with Gasteiger partial charge in [-0.2, -0.15) is 0 Å². The predicted octanol–water partition coefficient (Wildman–Crippen LogP) is 5.18. The minimum atomic E-state index is -1.07. The molecule has 1 saturated heterocycles. The van der Waals surface area contributed by atoms with Gasteiger partial charge >= 0.3 is 12.1 Å². The number of likely N-dealkylation sites (tertiary alicyclic amines) is 1. The van der Waals surface area contributed by atoms with Crippen LogP contribution in [0.15, 0.2) is 54.6 Å². The molecule has 0 saturated carbocycles. The Balaban J connectivity index is 1.74. The normalized spacial score (nSPS) is 23.4. The van der Waals surface area contributed by atoms with Crippen molar-refractivity contribution in [3.8, 4) is 0 Å². The number of benzene rings is 2. The van der Waals surface area contributed by atoms with Crippen LogP contribution in [-0.4, -0.2) is 86.4 Å². The molecule has 0 radical (unpaired) electrons. The third kappa shape index (κ3) is 6.43. The third-order valence-electron chi connectivity index (χ3n) is 7.92. The fourth-order valence-electron chi connectivity index (χ4n) is 5.79. The number of nitrogens with one attached hydrogen (secondary N) is 1. The predicted molar refractivity (Wildman–Crippen MR) is 147 cm³/mol. The molecule has 4 rings (SSSR count). The van der Waals surface area contributed by atoms with Gasteiger partial charge < -0.3 is 24.8 Å². The van der Waals surface area contributed by atoms with E-state index in [1.165, 1.54) is 7.11 Å². The molecule has 0 spiro atoms. The molecule has 2 aromatic carbocycles. The number of urea groups is 1. The molecule has 2 heterocycles. The van der Waals surface area contributed by atoms with E-state index in [1.54, 1.807) is 16.8 Å². The Morgan fingerprint density at radius 3 is 2.65 bits per heavy atom. The van der Waals surface area contributed by atoms with Crippen molar-refractivity contribution < 1.29 is 27.5 Å². The van der Waals surface area contributed by atoms with Gasteiger partial charge in [-0.1, -0.05) is 30.3 Å². The molecule has 3 atom stereocenters. The Morgan fingerprint density at radius 1 is 1.18 bits per heavy atom. The maximum absolute atomic E-state index is 15.0. The number of alkyl carbamates (subject to hydrolysis) is 1. The molecule has 0 aromatic heterocycles. The van der Waals surface area contributed by atoms with E-state index in [9.17, 15) is 22.8 Å². The third-order valence-corrected chi connectivity index (χ3v) is 7.92. The Kier molecular flexibility index (Phi) is 9.40. The summed E-state index contributed by atoms with van der Waals surface area (Å²) in [6.07, 6.45) is 1.90. The maximum Gasteiger partial charge on any atom is 0.406 e. The minimum absolute atomic E-state index is 0.0363. The summed E-state index contributed by atoms with van der Waals surface area (Å²) in [5.74, 6) is -1.17. The van der Waals surface area contributed by atoms with Gasteiger partial charge in [0.15, 0.2) is 0 Å². The molecule has 216 valence electrons. The van der Waals surface area contributed by atoms with Crippen molar-refractivity contribution in [1.29, 1.82) is 0 Å². The molecule has 0 bridgehead atoms. The number of halogens is 3. The average molecular weight is 559 g/mol. The Hall–Kier alpha value is -3.53. The van der Waals surface area contributed by atoms with E-state index < -0.39 is 29.4 Å². The first-order chi connectivity index (χ1) is 19.1. The van der Waals surface area contributed by atoms with Crippen LogP contribution in [0.4, 0.5) is 22.8 Å². The van der Waals surface area contributed by atoms with E-state index in [-0.39, 0.29) is 37.1 Å². The van der Waals surface area contributed by atoms with Crippen molar-refractivity contribution in [2.45, 2.75) is 43.4 Å². The van der Waals surface area contributed by atoms with E-state index in [0.29, 0.717) is 37.9 Å². The lowest BCUT2D eigenvalue weighted by Gasteiger charge is -2.42. The van der Waals surface area contributed by atoms with E-state index >= 15 is 0 Å². The lowest BCUT2D eigenvalue weighted by Crippen LogP contribution is -2.53. The van der Waals surface area contributed by atoms with Gasteiger partial charge in [0, 0.05) is 44.7 Å². The number of methoxy groups -OCH3 is 1. The first kappa shape index (κ1) is 29.5. The second-order valence-corrected chi connectivity index (χ2v) is 10.6. The molecular weight excluding hydrogens is 521 g/mol. The zero-order valence-corrected chi connectivity index (χ0v) is 23.2. The van der Waals surface area contributed by atoms with Crippen LogP contribution in [0.1, 0.15) is 36.8 Å². The van der Waals surface area contributed by atoms with Crippen molar-refractivity contribution in [3.63, 3.8) is 0 Å². The molecule has 40 heavy (non-hydrogen) atoms. The molecule has 3 amide bonds. The van der Waals surface area contributed by atoms with Crippen molar-refractivity contribution in [2.24, 2.45) is 0 Å². The molecule has 10 heteroatoms. The smallest absolute Gasteiger partial charge is 0.406 e. The molecule has 0 aliphatic carbocycles. The van der Waals surface area contributed by atoms with Gasteiger partial charge in [0.25, 0.3) is 0 Å². The minimum Gasteiger partial charge on any atom is -0.453 e. The summed E-state index contributed by atoms with van der Waals surface area (Å²) < 4.78 is 48.6. The van der Waals surface area contributed by atoms with E-state index in [2.05, 4.69) is 10.1 Å². The second-order valence-electron chi connectivity index (χ2n) is 10.6. The summed E-state index contributed by atoms with van der Waals surface area (Å²) in [5, 5.41) is 2.67. The molecule has 2 aliphatic heterocycles. The number of hydrogen-bond donors (Lipinski definition) is 1. The zero-order chi connectivity index (χ0) is 28.9. The summed E-state index contributed by atoms with van der Waals surface area (Å²) in [4.78, 5) is 31.1. The monoisotopic (exact) mass is 558 g/mol. The molecule has 7 nitrogen and oxygen atoms in total. The van der Waals surface area contributed by atoms with Crippen molar-refractivity contribution in [1.82, 2.24) is 20.0 Å². The first-order valence-electron chi connectivity index (χ1n) is 13.6. The highest BCUT2D eigenvalue weighted by atomic mass is 19.1. The van der Waals surface area contributed by atoms with Crippen LogP contribution in [0.3, 0.4) is 0 Å². The van der Waals surface area contributed by atoms with Crippen LogP contribution in [0, 0.1) is 11.6 Å².